The summed E-state index contributed by atoms with van der Waals surface area (Å²) in [4.78, 5) is 0. The van der Waals surface area contributed by atoms with Gasteiger partial charge in [0.15, 0.2) is 0 Å². The Balaban J connectivity index is 2.21. The molecule has 0 radical (unpaired) electrons. The Morgan fingerprint density at radius 1 is 1.43 bits per heavy atom. The molecular weight excluding hydrogens is 174 g/mol. The van der Waals surface area contributed by atoms with Gasteiger partial charge in [0.1, 0.15) is 5.75 Å². The first-order chi connectivity index (χ1) is 6.92. The van der Waals surface area contributed by atoms with E-state index in [1.54, 1.807) is 0 Å². The van der Waals surface area contributed by atoms with Crippen LogP contribution in [0.3, 0.4) is 0 Å². The molecule has 0 spiro atoms. The number of rotatable bonds is 3. The highest BCUT2D eigenvalue weighted by atomic mass is 16.5. The molecule has 2 rings (SSSR count). The van der Waals surface area contributed by atoms with Gasteiger partial charge in [-0.2, -0.15) is 0 Å². The zero-order valence-corrected chi connectivity index (χ0v) is 8.62. The van der Waals surface area contributed by atoms with E-state index in [0.29, 0.717) is 6.04 Å². The molecule has 1 aliphatic rings. The van der Waals surface area contributed by atoms with Gasteiger partial charge in [0.05, 0.1) is 6.61 Å². The van der Waals surface area contributed by atoms with Crippen LogP contribution >= 0.6 is 0 Å². The number of hydrogen-bond acceptors (Lipinski definition) is 2. The maximum atomic E-state index is 5.61. The van der Waals surface area contributed by atoms with Gasteiger partial charge >= 0.3 is 0 Å². The smallest absolute Gasteiger partial charge is 0.124 e. The Labute approximate surface area is 85.3 Å². The lowest BCUT2D eigenvalue weighted by molar-refractivity contribution is 0.333. The van der Waals surface area contributed by atoms with Gasteiger partial charge in [-0.3, -0.25) is 0 Å². The highest BCUT2D eigenvalue weighted by Crippen LogP contribution is 2.30. The predicted octanol–water partition coefficient (Wildman–Crippen LogP) is 2.51. The molecule has 1 saturated heterocycles. The fraction of sp³-hybridized carbons (Fsp3) is 0.500. The van der Waals surface area contributed by atoms with Crippen molar-refractivity contribution in [3.05, 3.63) is 29.8 Å². The number of para-hydroxylation sites is 1. The third-order valence-electron chi connectivity index (χ3n) is 2.65. The van der Waals surface area contributed by atoms with Crippen LogP contribution in [0.15, 0.2) is 24.3 Å². The summed E-state index contributed by atoms with van der Waals surface area (Å²) >= 11 is 0. The maximum absolute atomic E-state index is 5.61. The van der Waals surface area contributed by atoms with Gasteiger partial charge < -0.3 is 10.1 Å². The molecule has 14 heavy (non-hydrogen) atoms. The first kappa shape index (κ1) is 9.53. The van der Waals surface area contributed by atoms with Crippen molar-refractivity contribution in [1.29, 1.82) is 0 Å². The molecule has 0 saturated carbocycles. The van der Waals surface area contributed by atoms with Crippen molar-refractivity contribution in [3.63, 3.8) is 0 Å². The van der Waals surface area contributed by atoms with E-state index in [2.05, 4.69) is 23.5 Å². The van der Waals surface area contributed by atoms with Gasteiger partial charge in [0.2, 0.25) is 0 Å². The van der Waals surface area contributed by atoms with E-state index in [1.165, 1.54) is 18.4 Å². The van der Waals surface area contributed by atoms with E-state index in [0.717, 1.165) is 18.9 Å². The van der Waals surface area contributed by atoms with E-state index in [1.807, 2.05) is 13.0 Å². The standard InChI is InChI=1S/C12H17NO/c1-2-14-12-8-4-3-6-10(12)11-7-5-9-13-11/h3-4,6,8,11,13H,2,5,7,9H2,1H3/t11-/m1/s1. The molecule has 1 fully saturated rings. The van der Waals surface area contributed by atoms with Gasteiger partial charge in [-0.25, -0.2) is 0 Å². The Hall–Kier alpha value is -1.02. The van der Waals surface area contributed by atoms with Crippen molar-refractivity contribution in [2.45, 2.75) is 25.8 Å². The quantitative estimate of drug-likeness (QED) is 0.792. The van der Waals surface area contributed by atoms with Crippen LogP contribution in [-0.2, 0) is 0 Å². The molecule has 1 heterocycles. The Bertz CT molecular complexity index is 292. The van der Waals surface area contributed by atoms with Crippen molar-refractivity contribution in [2.75, 3.05) is 13.2 Å². The number of benzene rings is 1. The lowest BCUT2D eigenvalue weighted by Crippen LogP contribution is -2.14. The highest BCUT2D eigenvalue weighted by molar-refractivity contribution is 5.36. The molecule has 1 aromatic rings. The van der Waals surface area contributed by atoms with E-state index in [4.69, 9.17) is 4.74 Å². The normalized spacial score (nSPS) is 21.1. The SMILES string of the molecule is CCOc1ccccc1[C@H]1CCCN1. The molecule has 0 aliphatic carbocycles. The number of nitrogens with one attached hydrogen (secondary N) is 1. The fourth-order valence-corrected chi connectivity index (χ4v) is 2.01. The van der Waals surface area contributed by atoms with Gasteiger partial charge in [0.25, 0.3) is 0 Å². The van der Waals surface area contributed by atoms with Crippen molar-refractivity contribution in [2.24, 2.45) is 0 Å². The second kappa shape index (κ2) is 4.47. The second-order valence-electron chi connectivity index (χ2n) is 3.62. The van der Waals surface area contributed by atoms with Crippen LogP contribution in [0.4, 0.5) is 0 Å². The van der Waals surface area contributed by atoms with E-state index in [9.17, 15) is 0 Å². The van der Waals surface area contributed by atoms with Crippen molar-refractivity contribution < 1.29 is 4.74 Å². The molecule has 76 valence electrons. The highest BCUT2D eigenvalue weighted by Gasteiger charge is 2.19. The lowest BCUT2D eigenvalue weighted by atomic mass is 10.0. The maximum Gasteiger partial charge on any atom is 0.124 e. The van der Waals surface area contributed by atoms with Crippen LogP contribution in [0.1, 0.15) is 31.4 Å². The largest absolute Gasteiger partial charge is 0.494 e. The molecule has 1 atom stereocenters. The van der Waals surface area contributed by atoms with Crippen LogP contribution in [-0.4, -0.2) is 13.2 Å². The molecule has 1 N–H and O–H groups in total. The minimum absolute atomic E-state index is 0.498. The fourth-order valence-electron chi connectivity index (χ4n) is 2.01. The van der Waals surface area contributed by atoms with E-state index >= 15 is 0 Å². The molecule has 2 nitrogen and oxygen atoms in total. The Morgan fingerprint density at radius 3 is 3.00 bits per heavy atom. The summed E-state index contributed by atoms with van der Waals surface area (Å²) in [5.74, 6) is 1.04. The number of hydrogen-bond donors (Lipinski definition) is 1. The van der Waals surface area contributed by atoms with Crippen LogP contribution in [0, 0.1) is 0 Å². The lowest BCUT2D eigenvalue weighted by Gasteiger charge is -2.15. The molecule has 1 aromatic carbocycles. The second-order valence-corrected chi connectivity index (χ2v) is 3.62. The summed E-state index contributed by atoms with van der Waals surface area (Å²) in [6, 6.07) is 8.83. The Morgan fingerprint density at radius 2 is 2.29 bits per heavy atom. The molecule has 1 aliphatic heterocycles. The van der Waals surface area contributed by atoms with Gasteiger partial charge in [-0.1, -0.05) is 18.2 Å². The zero-order valence-electron chi connectivity index (χ0n) is 8.62. The molecular formula is C12H17NO. The summed E-state index contributed by atoms with van der Waals surface area (Å²) < 4.78 is 5.61. The molecule has 0 amide bonds. The average molecular weight is 191 g/mol. The molecule has 0 bridgehead atoms. The minimum atomic E-state index is 0.498. The van der Waals surface area contributed by atoms with Crippen molar-refractivity contribution >= 4 is 0 Å². The summed E-state index contributed by atoms with van der Waals surface area (Å²) in [5.41, 5.74) is 1.31. The summed E-state index contributed by atoms with van der Waals surface area (Å²) in [7, 11) is 0. The van der Waals surface area contributed by atoms with Crippen molar-refractivity contribution in [1.82, 2.24) is 5.32 Å². The van der Waals surface area contributed by atoms with Crippen LogP contribution in [0.5, 0.6) is 5.75 Å². The van der Waals surface area contributed by atoms with Crippen LogP contribution in [0.2, 0.25) is 0 Å². The summed E-state index contributed by atoms with van der Waals surface area (Å²) in [5, 5.41) is 3.49. The van der Waals surface area contributed by atoms with E-state index < -0.39 is 0 Å². The molecule has 0 aromatic heterocycles. The summed E-state index contributed by atoms with van der Waals surface area (Å²) in [6.07, 6.45) is 2.50. The monoisotopic (exact) mass is 191 g/mol. The van der Waals surface area contributed by atoms with Gasteiger partial charge in [-0.05, 0) is 32.4 Å². The van der Waals surface area contributed by atoms with Crippen LogP contribution in [0.25, 0.3) is 0 Å². The topological polar surface area (TPSA) is 21.3 Å². The Kier molecular flexibility index (Phi) is 3.04. The van der Waals surface area contributed by atoms with E-state index in [-0.39, 0.29) is 0 Å². The zero-order chi connectivity index (χ0) is 9.80. The average Bonchev–Trinajstić information content (AvgIpc) is 2.72. The third-order valence-corrected chi connectivity index (χ3v) is 2.65. The van der Waals surface area contributed by atoms with Crippen molar-refractivity contribution in [3.8, 4) is 5.75 Å². The van der Waals surface area contributed by atoms with Crippen LogP contribution < -0.4 is 10.1 Å². The van der Waals surface area contributed by atoms with Gasteiger partial charge in [0, 0.05) is 11.6 Å². The molecule has 2 heteroatoms. The first-order valence-electron chi connectivity index (χ1n) is 5.37. The van der Waals surface area contributed by atoms with Gasteiger partial charge in [-0.15, -0.1) is 0 Å². The predicted molar refractivity (Wildman–Crippen MR) is 57.6 cm³/mol. The minimum Gasteiger partial charge on any atom is -0.494 e. The number of ether oxygens (including phenoxy) is 1. The molecule has 0 unspecified atom stereocenters. The first-order valence-corrected chi connectivity index (χ1v) is 5.37. The summed E-state index contributed by atoms with van der Waals surface area (Å²) in [6.45, 7) is 3.90. The third kappa shape index (κ3) is 1.90.